The average molecular weight is 269 g/mol. The number of carboxylic acids is 2. The summed E-state index contributed by atoms with van der Waals surface area (Å²) in [6.45, 7) is 4.37. The summed E-state index contributed by atoms with van der Waals surface area (Å²) in [5.41, 5.74) is -0.000546. The molecule has 1 saturated carbocycles. The summed E-state index contributed by atoms with van der Waals surface area (Å²) in [6.07, 6.45) is 1.04. The van der Waals surface area contributed by atoms with E-state index in [9.17, 15) is 14.4 Å². The molecule has 6 heteroatoms. The lowest BCUT2D eigenvalue weighted by Gasteiger charge is -2.35. The molecule has 0 aromatic carbocycles. The van der Waals surface area contributed by atoms with E-state index < -0.39 is 23.8 Å². The molecule has 1 aliphatic carbocycles. The second-order valence-electron chi connectivity index (χ2n) is 6.21. The Morgan fingerprint density at radius 1 is 1.11 bits per heavy atom. The van der Waals surface area contributed by atoms with E-state index in [4.69, 9.17) is 10.2 Å². The third kappa shape index (κ3) is 2.57. The molecule has 19 heavy (non-hydrogen) atoms. The number of carboxylic acid groups (broad SMARTS) is 2. The zero-order valence-corrected chi connectivity index (χ0v) is 11.1. The van der Waals surface area contributed by atoms with Crippen molar-refractivity contribution in [2.45, 2.75) is 26.7 Å². The van der Waals surface area contributed by atoms with Crippen LogP contribution in [0.1, 0.15) is 26.7 Å². The highest BCUT2D eigenvalue weighted by atomic mass is 16.4. The van der Waals surface area contributed by atoms with Crippen LogP contribution in [-0.2, 0) is 14.4 Å². The second-order valence-corrected chi connectivity index (χ2v) is 6.21. The number of hydrogen-bond donors (Lipinski definition) is 2. The smallest absolute Gasteiger partial charge is 0.309 e. The molecule has 3 unspecified atom stereocenters. The van der Waals surface area contributed by atoms with E-state index >= 15 is 0 Å². The molecule has 1 aliphatic heterocycles. The van der Waals surface area contributed by atoms with Crippen LogP contribution in [0.15, 0.2) is 0 Å². The van der Waals surface area contributed by atoms with Gasteiger partial charge in [0, 0.05) is 19.0 Å². The van der Waals surface area contributed by atoms with Crippen LogP contribution >= 0.6 is 0 Å². The van der Waals surface area contributed by atoms with E-state index in [0.29, 0.717) is 6.54 Å². The van der Waals surface area contributed by atoms with Crippen LogP contribution in [0.5, 0.6) is 0 Å². The highest BCUT2D eigenvalue weighted by Crippen LogP contribution is 2.52. The van der Waals surface area contributed by atoms with Crippen molar-refractivity contribution in [2.75, 3.05) is 13.1 Å². The van der Waals surface area contributed by atoms with Gasteiger partial charge >= 0.3 is 11.9 Å². The van der Waals surface area contributed by atoms with Gasteiger partial charge in [0.1, 0.15) is 0 Å². The topological polar surface area (TPSA) is 94.9 Å². The lowest BCUT2D eigenvalue weighted by atomic mass is 9.85. The molecule has 2 rings (SSSR count). The molecule has 2 aliphatic rings. The molecule has 2 fully saturated rings. The van der Waals surface area contributed by atoms with E-state index in [1.165, 1.54) is 4.90 Å². The molecular weight excluding hydrogens is 250 g/mol. The standard InChI is InChI=1S/C13H19NO5/c1-13(2)5-9(13)10(15)14-4-3-7(11(16)17)8(6-14)12(18)19/h7-9H,3-6H2,1-2H3,(H,16,17)(H,18,19). The number of carbonyl (C=O) groups excluding carboxylic acids is 1. The predicted octanol–water partition coefficient (Wildman–Crippen LogP) is 0.666. The molecule has 0 bridgehead atoms. The van der Waals surface area contributed by atoms with E-state index in [2.05, 4.69) is 0 Å². The van der Waals surface area contributed by atoms with Crippen molar-refractivity contribution in [3.05, 3.63) is 0 Å². The molecule has 0 aromatic heterocycles. The first-order valence-electron chi connectivity index (χ1n) is 6.48. The quantitative estimate of drug-likeness (QED) is 0.785. The zero-order chi connectivity index (χ0) is 14.4. The maximum absolute atomic E-state index is 12.2. The number of aliphatic carboxylic acids is 2. The molecule has 106 valence electrons. The number of piperidine rings is 1. The van der Waals surface area contributed by atoms with Crippen LogP contribution in [0.25, 0.3) is 0 Å². The van der Waals surface area contributed by atoms with Crippen molar-refractivity contribution in [3.8, 4) is 0 Å². The third-order valence-corrected chi connectivity index (χ3v) is 4.37. The summed E-state index contributed by atoms with van der Waals surface area (Å²) in [6, 6.07) is 0. The average Bonchev–Trinajstić information content (AvgIpc) is 2.96. The molecule has 0 radical (unpaired) electrons. The van der Waals surface area contributed by atoms with Crippen molar-refractivity contribution in [1.29, 1.82) is 0 Å². The first kappa shape index (κ1) is 13.8. The molecule has 3 atom stereocenters. The van der Waals surface area contributed by atoms with Crippen molar-refractivity contribution >= 4 is 17.8 Å². The number of amides is 1. The van der Waals surface area contributed by atoms with Gasteiger partial charge in [0.2, 0.25) is 5.91 Å². The Hall–Kier alpha value is -1.59. The van der Waals surface area contributed by atoms with Crippen LogP contribution in [0.3, 0.4) is 0 Å². The molecule has 1 amide bonds. The fourth-order valence-electron chi connectivity index (χ4n) is 2.81. The van der Waals surface area contributed by atoms with Gasteiger partial charge in [-0.25, -0.2) is 0 Å². The Balaban J connectivity index is 2.05. The van der Waals surface area contributed by atoms with Gasteiger partial charge in [-0.2, -0.15) is 0 Å². The highest BCUT2D eigenvalue weighted by molar-refractivity contribution is 5.85. The van der Waals surface area contributed by atoms with Gasteiger partial charge < -0.3 is 15.1 Å². The summed E-state index contributed by atoms with van der Waals surface area (Å²) >= 11 is 0. The highest BCUT2D eigenvalue weighted by Gasteiger charge is 2.53. The molecule has 1 saturated heterocycles. The molecule has 6 nitrogen and oxygen atoms in total. The van der Waals surface area contributed by atoms with Crippen molar-refractivity contribution in [3.63, 3.8) is 0 Å². The third-order valence-electron chi connectivity index (χ3n) is 4.37. The van der Waals surface area contributed by atoms with Crippen molar-refractivity contribution in [2.24, 2.45) is 23.2 Å². The van der Waals surface area contributed by atoms with E-state index in [1.54, 1.807) is 0 Å². The van der Waals surface area contributed by atoms with E-state index in [-0.39, 0.29) is 30.2 Å². The van der Waals surface area contributed by atoms with Gasteiger partial charge in [-0.3, -0.25) is 14.4 Å². The van der Waals surface area contributed by atoms with Crippen molar-refractivity contribution < 1.29 is 24.6 Å². The van der Waals surface area contributed by atoms with Crippen LogP contribution in [0, 0.1) is 23.2 Å². The number of rotatable bonds is 3. The lowest BCUT2D eigenvalue weighted by Crippen LogP contribution is -2.49. The summed E-state index contributed by atoms with van der Waals surface area (Å²) in [5, 5.41) is 18.1. The minimum Gasteiger partial charge on any atom is -0.481 e. The van der Waals surface area contributed by atoms with Gasteiger partial charge in [0.15, 0.2) is 0 Å². The Labute approximate surface area is 111 Å². The Morgan fingerprint density at radius 3 is 2.05 bits per heavy atom. The normalized spacial score (nSPS) is 32.7. The monoisotopic (exact) mass is 269 g/mol. The van der Waals surface area contributed by atoms with Crippen LogP contribution in [-0.4, -0.2) is 46.0 Å². The number of carbonyl (C=O) groups is 3. The maximum Gasteiger partial charge on any atom is 0.309 e. The summed E-state index contributed by atoms with van der Waals surface area (Å²) in [7, 11) is 0. The van der Waals surface area contributed by atoms with Gasteiger partial charge in [-0.15, -0.1) is 0 Å². The summed E-state index contributed by atoms with van der Waals surface area (Å²) < 4.78 is 0. The van der Waals surface area contributed by atoms with Gasteiger partial charge in [0.05, 0.1) is 11.8 Å². The van der Waals surface area contributed by atoms with Crippen LogP contribution in [0.4, 0.5) is 0 Å². The fourth-order valence-corrected chi connectivity index (χ4v) is 2.81. The van der Waals surface area contributed by atoms with Gasteiger partial charge in [-0.1, -0.05) is 13.8 Å². The van der Waals surface area contributed by atoms with Crippen molar-refractivity contribution in [1.82, 2.24) is 4.90 Å². The van der Waals surface area contributed by atoms with Gasteiger partial charge in [-0.05, 0) is 18.3 Å². The Kier molecular flexibility index (Phi) is 3.28. The lowest BCUT2D eigenvalue weighted by molar-refractivity contribution is -0.159. The maximum atomic E-state index is 12.2. The molecule has 1 heterocycles. The minimum absolute atomic E-state index is 0.000546. The Bertz CT molecular complexity index is 431. The molecule has 2 N–H and O–H groups in total. The van der Waals surface area contributed by atoms with Crippen LogP contribution in [0.2, 0.25) is 0 Å². The fraction of sp³-hybridized carbons (Fsp3) is 0.769. The first-order chi connectivity index (χ1) is 8.74. The summed E-state index contributed by atoms with van der Waals surface area (Å²) in [5.74, 6) is -4.19. The summed E-state index contributed by atoms with van der Waals surface area (Å²) in [4.78, 5) is 35.9. The minimum atomic E-state index is -1.14. The van der Waals surface area contributed by atoms with Crippen LogP contribution < -0.4 is 0 Å². The van der Waals surface area contributed by atoms with Gasteiger partial charge in [0.25, 0.3) is 0 Å². The second kappa shape index (κ2) is 4.51. The SMILES string of the molecule is CC1(C)CC1C(=O)N1CCC(C(=O)O)C(C(=O)O)C1. The van der Waals surface area contributed by atoms with E-state index in [0.717, 1.165) is 6.42 Å². The zero-order valence-electron chi connectivity index (χ0n) is 11.1. The molecule has 0 aromatic rings. The van der Waals surface area contributed by atoms with E-state index in [1.807, 2.05) is 13.8 Å². The number of hydrogen-bond acceptors (Lipinski definition) is 3. The number of nitrogens with zero attached hydrogens (tertiary/aromatic N) is 1. The largest absolute Gasteiger partial charge is 0.481 e. The number of likely N-dealkylation sites (tertiary alicyclic amines) is 1. The molecule has 0 spiro atoms. The predicted molar refractivity (Wildman–Crippen MR) is 65.3 cm³/mol. The Morgan fingerprint density at radius 2 is 1.63 bits per heavy atom. The molecular formula is C13H19NO5. The first-order valence-corrected chi connectivity index (χ1v) is 6.48.